The monoisotopic (exact) mass is 275 g/mol. The first kappa shape index (κ1) is 14.9. The van der Waals surface area contributed by atoms with E-state index in [2.05, 4.69) is 18.7 Å². The van der Waals surface area contributed by atoms with Crippen molar-refractivity contribution in [3.8, 4) is 0 Å². The first-order valence-electron chi connectivity index (χ1n) is 7.50. The summed E-state index contributed by atoms with van der Waals surface area (Å²) in [6.07, 6.45) is 1.57. The van der Waals surface area contributed by atoms with Crippen LogP contribution in [0.4, 0.5) is 5.69 Å². The quantitative estimate of drug-likeness (QED) is 0.833. The molecule has 2 rings (SSSR count). The largest absolute Gasteiger partial charge is 0.399 e. The van der Waals surface area contributed by atoms with Crippen molar-refractivity contribution < 1.29 is 4.79 Å². The first-order chi connectivity index (χ1) is 9.63. The van der Waals surface area contributed by atoms with Crippen molar-refractivity contribution in [3.63, 3.8) is 0 Å². The van der Waals surface area contributed by atoms with Gasteiger partial charge in [0.25, 0.3) is 0 Å². The smallest absolute Gasteiger partial charge is 0.227 e. The molecule has 110 valence electrons. The fraction of sp³-hybridized carbons (Fsp3) is 0.562. The van der Waals surface area contributed by atoms with Crippen LogP contribution < -0.4 is 5.73 Å². The zero-order valence-electron chi connectivity index (χ0n) is 12.5. The van der Waals surface area contributed by atoms with Gasteiger partial charge in [0.15, 0.2) is 0 Å². The molecule has 1 fully saturated rings. The lowest BCUT2D eigenvalue weighted by atomic mass is 10.1. The summed E-state index contributed by atoms with van der Waals surface area (Å²) in [5.74, 6) is 0.226. The van der Waals surface area contributed by atoms with Crippen molar-refractivity contribution in [2.75, 3.05) is 31.9 Å². The number of likely N-dealkylation sites (tertiary alicyclic amines) is 1. The van der Waals surface area contributed by atoms with Crippen LogP contribution in [0.1, 0.15) is 25.8 Å². The van der Waals surface area contributed by atoms with Gasteiger partial charge in [-0.15, -0.1) is 0 Å². The molecular weight excluding hydrogens is 250 g/mol. The number of likely N-dealkylation sites (N-methyl/N-ethyl adjacent to an activating group) is 1. The Kier molecular flexibility index (Phi) is 5.01. The van der Waals surface area contributed by atoms with Gasteiger partial charge in [0.05, 0.1) is 6.42 Å². The fourth-order valence-electron chi connectivity index (χ4n) is 2.93. The minimum atomic E-state index is 0.226. The predicted molar refractivity (Wildman–Crippen MR) is 82.5 cm³/mol. The van der Waals surface area contributed by atoms with Gasteiger partial charge in [-0.05, 0) is 37.2 Å². The first-order valence-corrected chi connectivity index (χ1v) is 7.50. The number of carbonyl (C=O) groups excluding carboxylic acids is 1. The van der Waals surface area contributed by atoms with Crippen LogP contribution in [0.3, 0.4) is 0 Å². The Labute approximate surface area is 121 Å². The maximum absolute atomic E-state index is 12.3. The number of hydrogen-bond acceptors (Lipinski definition) is 3. The molecular formula is C16H25N3O. The van der Waals surface area contributed by atoms with Gasteiger partial charge in [-0.2, -0.15) is 0 Å². The third-order valence-corrected chi connectivity index (χ3v) is 4.18. The molecule has 1 aromatic carbocycles. The standard InChI is InChI=1S/C16H25N3O/c1-3-18(4-2)15-9-10-19(12-15)16(20)11-13-5-7-14(17)8-6-13/h5-8,15H,3-4,9-12,17H2,1-2H3. The number of nitrogen functional groups attached to an aromatic ring is 1. The maximum Gasteiger partial charge on any atom is 0.227 e. The summed E-state index contributed by atoms with van der Waals surface area (Å²) in [7, 11) is 0. The number of anilines is 1. The van der Waals surface area contributed by atoms with Crippen LogP contribution in [0, 0.1) is 0 Å². The molecule has 0 spiro atoms. The van der Waals surface area contributed by atoms with E-state index in [0.717, 1.165) is 43.9 Å². The van der Waals surface area contributed by atoms with Gasteiger partial charge in [-0.25, -0.2) is 0 Å². The normalized spacial score (nSPS) is 18.8. The molecule has 1 unspecified atom stereocenters. The topological polar surface area (TPSA) is 49.6 Å². The summed E-state index contributed by atoms with van der Waals surface area (Å²) in [5.41, 5.74) is 7.44. The second-order valence-electron chi connectivity index (χ2n) is 5.42. The van der Waals surface area contributed by atoms with Crippen LogP contribution >= 0.6 is 0 Å². The van der Waals surface area contributed by atoms with Crippen molar-refractivity contribution in [1.29, 1.82) is 0 Å². The molecule has 2 N–H and O–H groups in total. The van der Waals surface area contributed by atoms with E-state index in [1.807, 2.05) is 29.2 Å². The van der Waals surface area contributed by atoms with Crippen LogP contribution in [-0.2, 0) is 11.2 Å². The van der Waals surface area contributed by atoms with E-state index in [1.165, 1.54) is 0 Å². The molecule has 20 heavy (non-hydrogen) atoms. The molecule has 1 aliphatic heterocycles. The highest BCUT2D eigenvalue weighted by molar-refractivity contribution is 5.79. The number of benzene rings is 1. The number of amides is 1. The lowest BCUT2D eigenvalue weighted by Crippen LogP contribution is -2.39. The molecule has 0 bridgehead atoms. The lowest BCUT2D eigenvalue weighted by molar-refractivity contribution is -0.129. The van der Waals surface area contributed by atoms with Crippen LogP contribution in [0.2, 0.25) is 0 Å². The lowest BCUT2D eigenvalue weighted by Gasteiger charge is -2.26. The summed E-state index contributed by atoms with van der Waals surface area (Å²) < 4.78 is 0. The van der Waals surface area contributed by atoms with E-state index in [0.29, 0.717) is 12.5 Å². The highest BCUT2D eigenvalue weighted by atomic mass is 16.2. The summed E-state index contributed by atoms with van der Waals surface area (Å²) in [6.45, 7) is 8.23. The Bertz CT molecular complexity index is 440. The Morgan fingerprint density at radius 2 is 1.95 bits per heavy atom. The zero-order chi connectivity index (χ0) is 14.5. The predicted octanol–water partition coefficient (Wildman–Crippen LogP) is 1.75. The molecule has 1 aliphatic rings. The molecule has 1 aromatic rings. The third-order valence-electron chi connectivity index (χ3n) is 4.18. The number of nitrogens with two attached hydrogens (primary N) is 1. The van der Waals surface area contributed by atoms with Gasteiger partial charge in [0.1, 0.15) is 0 Å². The molecule has 0 aromatic heterocycles. The second-order valence-corrected chi connectivity index (χ2v) is 5.42. The van der Waals surface area contributed by atoms with E-state index in [-0.39, 0.29) is 5.91 Å². The Morgan fingerprint density at radius 1 is 1.30 bits per heavy atom. The molecule has 1 heterocycles. The van der Waals surface area contributed by atoms with Crippen molar-refractivity contribution in [2.24, 2.45) is 0 Å². The van der Waals surface area contributed by atoms with E-state index in [4.69, 9.17) is 5.73 Å². The van der Waals surface area contributed by atoms with E-state index < -0.39 is 0 Å². The van der Waals surface area contributed by atoms with Crippen LogP contribution in [0.15, 0.2) is 24.3 Å². The molecule has 0 aliphatic carbocycles. The van der Waals surface area contributed by atoms with Crippen LogP contribution in [0.25, 0.3) is 0 Å². The van der Waals surface area contributed by atoms with Crippen molar-refractivity contribution in [2.45, 2.75) is 32.7 Å². The summed E-state index contributed by atoms with van der Waals surface area (Å²) >= 11 is 0. The van der Waals surface area contributed by atoms with Gasteiger partial charge in [-0.3, -0.25) is 9.69 Å². The fourth-order valence-corrected chi connectivity index (χ4v) is 2.93. The van der Waals surface area contributed by atoms with Gasteiger partial charge < -0.3 is 10.6 Å². The van der Waals surface area contributed by atoms with Gasteiger partial charge in [0.2, 0.25) is 5.91 Å². The number of nitrogens with zero attached hydrogens (tertiary/aromatic N) is 2. The Balaban J connectivity index is 1.89. The van der Waals surface area contributed by atoms with Crippen molar-refractivity contribution in [1.82, 2.24) is 9.80 Å². The van der Waals surface area contributed by atoms with E-state index >= 15 is 0 Å². The van der Waals surface area contributed by atoms with E-state index in [9.17, 15) is 4.79 Å². The second kappa shape index (κ2) is 6.75. The highest BCUT2D eigenvalue weighted by Gasteiger charge is 2.28. The van der Waals surface area contributed by atoms with Gasteiger partial charge in [0, 0.05) is 24.8 Å². The highest BCUT2D eigenvalue weighted by Crippen LogP contribution is 2.17. The zero-order valence-corrected chi connectivity index (χ0v) is 12.5. The minimum absolute atomic E-state index is 0.226. The SMILES string of the molecule is CCN(CC)C1CCN(C(=O)Cc2ccc(N)cc2)C1. The minimum Gasteiger partial charge on any atom is -0.399 e. The maximum atomic E-state index is 12.3. The van der Waals surface area contributed by atoms with Crippen molar-refractivity contribution >= 4 is 11.6 Å². The summed E-state index contributed by atoms with van der Waals surface area (Å²) in [6, 6.07) is 8.10. The molecule has 1 atom stereocenters. The number of hydrogen-bond donors (Lipinski definition) is 1. The van der Waals surface area contributed by atoms with Crippen molar-refractivity contribution in [3.05, 3.63) is 29.8 Å². The van der Waals surface area contributed by atoms with Crippen LogP contribution in [0.5, 0.6) is 0 Å². The Hall–Kier alpha value is -1.55. The average Bonchev–Trinajstić information content (AvgIpc) is 2.92. The van der Waals surface area contributed by atoms with Gasteiger partial charge in [-0.1, -0.05) is 26.0 Å². The molecule has 1 saturated heterocycles. The molecule has 0 radical (unpaired) electrons. The van der Waals surface area contributed by atoms with Gasteiger partial charge >= 0.3 is 0 Å². The van der Waals surface area contributed by atoms with E-state index in [1.54, 1.807) is 0 Å². The Morgan fingerprint density at radius 3 is 2.55 bits per heavy atom. The molecule has 0 saturated carbocycles. The summed E-state index contributed by atoms with van der Waals surface area (Å²) in [5, 5.41) is 0. The third kappa shape index (κ3) is 3.51. The summed E-state index contributed by atoms with van der Waals surface area (Å²) in [4.78, 5) is 16.8. The number of rotatable bonds is 5. The average molecular weight is 275 g/mol. The number of carbonyl (C=O) groups is 1. The molecule has 4 heteroatoms. The molecule has 4 nitrogen and oxygen atoms in total. The van der Waals surface area contributed by atoms with Crippen LogP contribution in [-0.4, -0.2) is 47.9 Å². The molecule has 1 amide bonds.